The summed E-state index contributed by atoms with van der Waals surface area (Å²) in [5, 5.41) is 0.130. The van der Waals surface area contributed by atoms with E-state index in [-0.39, 0.29) is 11.0 Å². The lowest BCUT2D eigenvalue weighted by Gasteiger charge is -2.20. The third kappa shape index (κ3) is 2.40. The number of Topliss-reactive ketones (excluding diaryl/α,β-unsaturated/α-hetero) is 1. The van der Waals surface area contributed by atoms with Gasteiger partial charge < -0.3 is 4.74 Å². The molecule has 1 aliphatic heterocycles. The van der Waals surface area contributed by atoms with E-state index < -0.39 is 0 Å². The van der Waals surface area contributed by atoms with E-state index in [2.05, 4.69) is 0 Å². The average Bonchev–Trinajstić information content (AvgIpc) is 2.39. The van der Waals surface area contributed by atoms with Crippen molar-refractivity contribution in [3.8, 4) is 5.75 Å². The summed E-state index contributed by atoms with van der Waals surface area (Å²) in [6.45, 7) is 0. The van der Waals surface area contributed by atoms with E-state index in [0.29, 0.717) is 5.75 Å². The van der Waals surface area contributed by atoms with E-state index in [9.17, 15) is 4.79 Å². The Morgan fingerprint density at radius 2 is 2.19 bits per heavy atom. The zero-order chi connectivity index (χ0) is 11.4. The van der Waals surface area contributed by atoms with Gasteiger partial charge in [-0.1, -0.05) is 18.6 Å². The highest BCUT2D eigenvalue weighted by atomic mass is 32.2. The van der Waals surface area contributed by atoms with Crippen molar-refractivity contribution in [1.29, 1.82) is 0 Å². The lowest BCUT2D eigenvalue weighted by molar-refractivity contribution is 0.0982. The van der Waals surface area contributed by atoms with Gasteiger partial charge in [-0.25, -0.2) is 0 Å². The molecule has 1 saturated heterocycles. The molecule has 1 heterocycles. The van der Waals surface area contributed by atoms with Gasteiger partial charge in [-0.15, -0.1) is 0 Å². The molecule has 2 nitrogen and oxygen atoms in total. The molecule has 16 heavy (non-hydrogen) atoms. The van der Waals surface area contributed by atoms with Crippen molar-refractivity contribution >= 4 is 17.5 Å². The highest BCUT2D eigenvalue weighted by molar-refractivity contribution is 8.00. The zero-order valence-electron chi connectivity index (χ0n) is 9.44. The molecule has 86 valence electrons. The highest BCUT2D eigenvalue weighted by Gasteiger charge is 2.24. The smallest absolute Gasteiger partial charge is 0.179 e. The van der Waals surface area contributed by atoms with Gasteiger partial charge >= 0.3 is 0 Å². The van der Waals surface area contributed by atoms with Crippen molar-refractivity contribution in [2.45, 2.75) is 24.5 Å². The van der Waals surface area contributed by atoms with Gasteiger partial charge in [0.15, 0.2) is 5.78 Å². The monoisotopic (exact) mass is 236 g/mol. The predicted molar refractivity (Wildman–Crippen MR) is 67.4 cm³/mol. The van der Waals surface area contributed by atoms with Crippen molar-refractivity contribution < 1.29 is 9.53 Å². The van der Waals surface area contributed by atoms with Crippen LogP contribution in [0.1, 0.15) is 29.6 Å². The van der Waals surface area contributed by atoms with Crippen LogP contribution in [-0.4, -0.2) is 23.9 Å². The molecule has 0 aromatic heterocycles. The maximum atomic E-state index is 12.3. The quantitative estimate of drug-likeness (QED) is 0.754. The molecule has 2 rings (SSSR count). The predicted octanol–water partition coefficient (Wildman–Crippen LogP) is 3.16. The fourth-order valence-electron chi connectivity index (χ4n) is 1.97. The Bertz CT molecular complexity index is 370. The molecule has 0 saturated carbocycles. The summed E-state index contributed by atoms with van der Waals surface area (Å²) in [6.07, 6.45) is 3.40. The van der Waals surface area contributed by atoms with Crippen molar-refractivity contribution in [1.82, 2.24) is 0 Å². The Morgan fingerprint density at radius 1 is 1.38 bits per heavy atom. The molecule has 1 atom stereocenters. The van der Waals surface area contributed by atoms with E-state index in [0.717, 1.165) is 17.7 Å². The van der Waals surface area contributed by atoms with Crippen molar-refractivity contribution in [3.05, 3.63) is 29.8 Å². The fraction of sp³-hybridized carbons (Fsp3) is 0.462. The molecule has 0 radical (unpaired) electrons. The van der Waals surface area contributed by atoms with Gasteiger partial charge in [0, 0.05) is 0 Å². The molecule has 3 heteroatoms. The Hall–Kier alpha value is -0.960. The summed E-state index contributed by atoms with van der Waals surface area (Å²) >= 11 is 1.78. The summed E-state index contributed by atoms with van der Waals surface area (Å²) in [6, 6.07) is 7.49. The maximum absolute atomic E-state index is 12.3. The summed E-state index contributed by atoms with van der Waals surface area (Å²) in [7, 11) is 1.61. The third-order valence-electron chi connectivity index (χ3n) is 2.84. The second-order valence-corrected chi connectivity index (χ2v) is 5.23. The number of ketones is 1. The summed E-state index contributed by atoms with van der Waals surface area (Å²) < 4.78 is 5.23. The van der Waals surface area contributed by atoms with Crippen molar-refractivity contribution in [2.24, 2.45) is 0 Å². The first kappa shape index (κ1) is 11.5. The highest BCUT2D eigenvalue weighted by Crippen LogP contribution is 2.30. The number of ether oxygens (including phenoxy) is 1. The Kier molecular flexibility index (Phi) is 3.88. The number of carbonyl (C=O) groups is 1. The largest absolute Gasteiger partial charge is 0.496 e. The molecule has 0 amide bonds. The Labute approximate surface area is 100 Å². The number of hydrogen-bond donors (Lipinski definition) is 0. The van der Waals surface area contributed by atoms with Gasteiger partial charge in [0.1, 0.15) is 5.75 Å². The van der Waals surface area contributed by atoms with Crippen molar-refractivity contribution in [2.75, 3.05) is 12.9 Å². The number of rotatable bonds is 3. The number of hydrogen-bond acceptors (Lipinski definition) is 3. The normalized spacial score (nSPS) is 20.4. The second kappa shape index (κ2) is 5.39. The second-order valence-electron chi connectivity index (χ2n) is 3.92. The fourth-order valence-corrected chi connectivity index (χ4v) is 3.24. The molecule has 1 aromatic carbocycles. The number of para-hydroxylation sites is 1. The minimum atomic E-state index is 0.130. The van der Waals surface area contributed by atoms with Crippen LogP contribution < -0.4 is 4.74 Å². The first-order valence-corrected chi connectivity index (χ1v) is 6.66. The van der Waals surface area contributed by atoms with Crippen LogP contribution in [-0.2, 0) is 0 Å². The first-order valence-electron chi connectivity index (χ1n) is 5.62. The number of methoxy groups -OCH3 is 1. The Morgan fingerprint density at radius 3 is 2.88 bits per heavy atom. The van der Waals surface area contributed by atoms with Crippen LogP contribution in [0.15, 0.2) is 24.3 Å². The summed E-state index contributed by atoms with van der Waals surface area (Å²) in [5.74, 6) is 2.02. The average molecular weight is 236 g/mol. The van der Waals surface area contributed by atoms with Crippen LogP contribution >= 0.6 is 11.8 Å². The topological polar surface area (TPSA) is 26.3 Å². The maximum Gasteiger partial charge on any atom is 0.179 e. The molecule has 0 N–H and O–H groups in total. The van der Waals surface area contributed by atoms with Crippen LogP contribution in [0, 0.1) is 0 Å². The molecule has 1 aliphatic rings. The van der Waals surface area contributed by atoms with Gasteiger partial charge in [0.25, 0.3) is 0 Å². The van der Waals surface area contributed by atoms with Crippen LogP contribution in [0.25, 0.3) is 0 Å². The minimum Gasteiger partial charge on any atom is -0.496 e. The van der Waals surface area contributed by atoms with E-state index in [4.69, 9.17) is 4.74 Å². The Balaban J connectivity index is 2.19. The number of thioether (sulfide) groups is 1. The van der Waals surface area contributed by atoms with Gasteiger partial charge in [-0.05, 0) is 30.7 Å². The SMILES string of the molecule is COc1ccccc1C(=O)C1CCCCS1. The van der Waals surface area contributed by atoms with Crippen molar-refractivity contribution in [3.63, 3.8) is 0 Å². The lowest BCUT2D eigenvalue weighted by Crippen LogP contribution is -2.21. The molecule has 0 bridgehead atoms. The van der Waals surface area contributed by atoms with Gasteiger partial charge in [-0.3, -0.25) is 4.79 Å². The van der Waals surface area contributed by atoms with Crippen LogP contribution in [0.3, 0.4) is 0 Å². The van der Waals surface area contributed by atoms with Gasteiger partial charge in [0.2, 0.25) is 0 Å². The van der Waals surface area contributed by atoms with E-state index in [1.54, 1.807) is 18.9 Å². The molecular weight excluding hydrogens is 220 g/mol. The molecule has 0 spiro atoms. The number of benzene rings is 1. The van der Waals surface area contributed by atoms with E-state index in [1.807, 2.05) is 24.3 Å². The van der Waals surface area contributed by atoms with E-state index >= 15 is 0 Å². The van der Waals surface area contributed by atoms with Crippen LogP contribution in [0.5, 0.6) is 5.75 Å². The van der Waals surface area contributed by atoms with E-state index in [1.165, 1.54) is 12.8 Å². The van der Waals surface area contributed by atoms with Crippen LogP contribution in [0.2, 0.25) is 0 Å². The molecule has 1 fully saturated rings. The number of carbonyl (C=O) groups excluding carboxylic acids is 1. The molecule has 1 unspecified atom stereocenters. The van der Waals surface area contributed by atoms with Crippen LogP contribution in [0.4, 0.5) is 0 Å². The van der Waals surface area contributed by atoms with Gasteiger partial charge in [0.05, 0.1) is 17.9 Å². The minimum absolute atomic E-state index is 0.130. The third-order valence-corrected chi connectivity index (χ3v) is 4.22. The summed E-state index contributed by atoms with van der Waals surface area (Å²) in [5.41, 5.74) is 0.726. The molecule has 1 aromatic rings. The first-order chi connectivity index (χ1) is 7.83. The molecular formula is C13H16O2S. The van der Waals surface area contributed by atoms with Gasteiger partial charge in [-0.2, -0.15) is 11.8 Å². The molecule has 0 aliphatic carbocycles. The summed E-state index contributed by atoms with van der Waals surface area (Å²) in [4.78, 5) is 12.3. The zero-order valence-corrected chi connectivity index (χ0v) is 10.3. The lowest BCUT2D eigenvalue weighted by atomic mass is 10.0. The standard InChI is InChI=1S/C13H16O2S/c1-15-11-7-3-2-6-10(11)13(14)12-8-4-5-9-16-12/h2-3,6-7,12H,4-5,8-9H2,1H3.